The molecule has 0 saturated heterocycles. The standard InChI is InChI=1S/C17H19NO2/c1-17(2)10-13-9-12(3-8-16(13)20-17)11-19-15-6-4-14(18)5-7-15/h3-9H,10-11,18H2,1-2H3. The van der Waals surface area contributed by atoms with Gasteiger partial charge in [-0.3, -0.25) is 0 Å². The fourth-order valence-electron chi connectivity index (χ4n) is 2.48. The van der Waals surface area contributed by atoms with Crippen LogP contribution in [0, 0.1) is 0 Å². The number of nitrogen functional groups attached to an aromatic ring is 1. The molecule has 2 aromatic rings. The molecule has 3 rings (SSSR count). The summed E-state index contributed by atoms with van der Waals surface area (Å²) in [5, 5.41) is 0. The molecule has 0 fully saturated rings. The molecule has 104 valence electrons. The Bertz CT molecular complexity index is 617. The number of rotatable bonds is 3. The summed E-state index contributed by atoms with van der Waals surface area (Å²) in [6.45, 7) is 4.77. The van der Waals surface area contributed by atoms with Crippen molar-refractivity contribution in [2.45, 2.75) is 32.5 Å². The molecule has 3 heteroatoms. The second-order valence-electron chi connectivity index (χ2n) is 5.84. The van der Waals surface area contributed by atoms with Gasteiger partial charge in [-0.05, 0) is 61.4 Å². The van der Waals surface area contributed by atoms with E-state index in [0.717, 1.165) is 29.2 Å². The van der Waals surface area contributed by atoms with Crippen LogP contribution >= 0.6 is 0 Å². The average Bonchev–Trinajstić information content (AvgIpc) is 2.71. The van der Waals surface area contributed by atoms with Crippen molar-refractivity contribution in [3.8, 4) is 11.5 Å². The fraction of sp³-hybridized carbons (Fsp3) is 0.294. The fourth-order valence-corrected chi connectivity index (χ4v) is 2.48. The lowest BCUT2D eigenvalue weighted by Gasteiger charge is -2.16. The monoisotopic (exact) mass is 269 g/mol. The third-order valence-electron chi connectivity index (χ3n) is 3.41. The Labute approximate surface area is 119 Å². The van der Waals surface area contributed by atoms with Gasteiger partial charge in [-0.2, -0.15) is 0 Å². The number of anilines is 1. The molecule has 20 heavy (non-hydrogen) atoms. The SMILES string of the molecule is CC1(C)Cc2cc(COc3ccc(N)cc3)ccc2O1. The molecular formula is C17H19NO2. The van der Waals surface area contributed by atoms with Crippen LogP contribution in [0.2, 0.25) is 0 Å². The van der Waals surface area contributed by atoms with E-state index < -0.39 is 0 Å². The minimum Gasteiger partial charge on any atom is -0.489 e. The zero-order valence-corrected chi connectivity index (χ0v) is 11.8. The van der Waals surface area contributed by atoms with Crippen molar-refractivity contribution < 1.29 is 9.47 Å². The van der Waals surface area contributed by atoms with Crippen LogP contribution < -0.4 is 15.2 Å². The maximum atomic E-state index is 5.87. The predicted molar refractivity (Wildman–Crippen MR) is 80.0 cm³/mol. The highest BCUT2D eigenvalue weighted by Crippen LogP contribution is 2.35. The van der Waals surface area contributed by atoms with E-state index in [2.05, 4.69) is 26.0 Å². The van der Waals surface area contributed by atoms with E-state index in [-0.39, 0.29) is 5.60 Å². The van der Waals surface area contributed by atoms with E-state index in [1.165, 1.54) is 5.56 Å². The van der Waals surface area contributed by atoms with Crippen LogP contribution in [0.5, 0.6) is 11.5 Å². The summed E-state index contributed by atoms with van der Waals surface area (Å²) in [7, 11) is 0. The molecule has 0 aliphatic carbocycles. The Morgan fingerprint density at radius 1 is 1.15 bits per heavy atom. The molecule has 1 heterocycles. The van der Waals surface area contributed by atoms with E-state index in [0.29, 0.717) is 6.61 Å². The third kappa shape index (κ3) is 2.72. The van der Waals surface area contributed by atoms with Crippen molar-refractivity contribution in [1.82, 2.24) is 0 Å². The maximum Gasteiger partial charge on any atom is 0.123 e. The average molecular weight is 269 g/mol. The van der Waals surface area contributed by atoms with Crippen molar-refractivity contribution in [2.75, 3.05) is 5.73 Å². The first-order chi connectivity index (χ1) is 9.52. The number of hydrogen-bond acceptors (Lipinski definition) is 3. The van der Waals surface area contributed by atoms with E-state index >= 15 is 0 Å². The van der Waals surface area contributed by atoms with Gasteiger partial charge in [0.1, 0.15) is 23.7 Å². The van der Waals surface area contributed by atoms with Crippen molar-refractivity contribution >= 4 is 5.69 Å². The lowest BCUT2D eigenvalue weighted by Crippen LogP contribution is -2.24. The minimum absolute atomic E-state index is 0.0984. The molecule has 1 aliphatic heterocycles. The van der Waals surface area contributed by atoms with E-state index in [4.69, 9.17) is 15.2 Å². The van der Waals surface area contributed by atoms with Gasteiger partial charge < -0.3 is 15.2 Å². The number of fused-ring (bicyclic) bond motifs is 1. The Hall–Kier alpha value is -2.16. The molecule has 1 aliphatic rings. The van der Waals surface area contributed by atoms with Crippen LogP contribution in [0.4, 0.5) is 5.69 Å². The van der Waals surface area contributed by atoms with Crippen molar-refractivity contribution in [3.05, 3.63) is 53.6 Å². The molecule has 2 aromatic carbocycles. The smallest absolute Gasteiger partial charge is 0.123 e. The first kappa shape index (κ1) is 12.9. The molecule has 0 atom stereocenters. The van der Waals surface area contributed by atoms with Crippen molar-refractivity contribution in [3.63, 3.8) is 0 Å². The molecule has 0 amide bonds. The zero-order chi connectivity index (χ0) is 14.2. The van der Waals surface area contributed by atoms with Gasteiger partial charge >= 0.3 is 0 Å². The van der Waals surface area contributed by atoms with Crippen LogP contribution in [0.1, 0.15) is 25.0 Å². The predicted octanol–water partition coefficient (Wildman–Crippen LogP) is 3.56. The van der Waals surface area contributed by atoms with E-state index in [1.54, 1.807) is 0 Å². The van der Waals surface area contributed by atoms with Crippen LogP contribution in [-0.4, -0.2) is 5.60 Å². The molecule has 2 N–H and O–H groups in total. The van der Waals surface area contributed by atoms with Crippen molar-refractivity contribution in [2.24, 2.45) is 0 Å². The van der Waals surface area contributed by atoms with Crippen LogP contribution in [0.15, 0.2) is 42.5 Å². The van der Waals surface area contributed by atoms with Crippen LogP contribution in [-0.2, 0) is 13.0 Å². The minimum atomic E-state index is -0.0984. The third-order valence-corrected chi connectivity index (χ3v) is 3.41. The molecule has 0 bridgehead atoms. The van der Waals surface area contributed by atoms with Crippen LogP contribution in [0.3, 0.4) is 0 Å². The second kappa shape index (κ2) is 4.75. The lowest BCUT2D eigenvalue weighted by molar-refractivity contribution is 0.138. The molecule has 0 saturated carbocycles. The van der Waals surface area contributed by atoms with Crippen LogP contribution in [0.25, 0.3) is 0 Å². The first-order valence-corrected chi connectivity index (χ1v) is 6.81. The number of benzene rings is 2. The summed E-state index contributed by atoms with van der Waals surface area (Å²) >= 11 is 0. The van der Waals surface area contributed by atoms with Gasteiger partial charge in [-0.15, -0.1) is 0 Å². The van der Waals surface area contributed by atoms with Gasteiger partial charge in [0.25, 0.3) is 0 Å². The Kier molecular flexibility index (Phi) is 3.05. The normalized spacial score (nSPS) is 15.5. The highest BCUT2D eigenvalue weighted by Gasteiger charge is 2.29. The number of hydrogen-bond donors (Lipinski definition) is 1. The summed E-state index contributed by atoms with van der Waals surface area (Å²) < 4.78 is 11.6. The largest absolute Gasteiger partial charge is 0.489 e. The summed E-state index contributed by atoms with van der Waals surface area (Å²) in [6, 6.07) is 13.7. The van der Waals surface area contributed by atoms with Crippen molar-refractivity contribution in [1.29, 1.82) is 0 Å². The Morgan fingerprint density at radius 3 is 2.65 bits per heavy atom. The molecular weight excluding hydrogens is 250 g/mol. The van der Waals surface area contributed by atoms with Gasteiger partial charge in [0.2, 0.25) is 0 Å². The molecule has 0 radical (unpaired) electrons. The van der Waals surface area contributed by atoms with Gasteiger partial charge in [-0.1, -0.05) is 6.07 Å². The zero-order valence-electron chi connectivity index (χ0n) is 11.8. The molecule has 0 aromatic heterocycles. The van der Waals surface area contributed by atoms with E-state index in [1.807, 2.05) is 30.3 Å². The maximum absolute atomic E-state index is 5.87. The molecule has 3 nitrogen and oxygen atoms in total. The Morgan fingerprint density at radius 2 is 1.90 bits per heavy atom. The van der Waals surface area contributed by atoms with Gasteiger partial charge in [0.05, 0.1) is 0 Å². The van der Waals surface area contributed by atoms with Gasteiger partial charge in [-0.25, -0.2) is 0 Å². The highest BCUT2D eigenvalue weighted by molar-refractivity contribution is 5.43. The second-order valence-corrected chi connectivity index (χ2v) is 5.84. The summed E-state index contributed by atoms with van der Waals surface area (Å²) in [5.41, 5.74) is 8.71. The lowest BCUT2D eigenvalue weighted by atomic mass is 10.0. The summed E-state index contributed by atoms with van der Waals surface area (Å²) in [6.07, 6.45) is 0.943. The summed E-state index contributed by atoms with van der Waals surface area (Å²) in [5.74, 6) is 1.82. The Balaban J connectivity index is 1.69. The molecule has 0 spiro atoms. The highest BCUT2D eigenvalue weighted by atomic mass is 16.5. The van der Waals surface area contributed by atoms with Gasteiger partial charge in [0, 0.05) is 12.1 Å². The molecule has 0 unspecified atom stereocenters. The number of ether oxygens (including phenoxy) is 2. The van der Waals surface area contributed by atoms with Gasteiger partial charge in [0.15, 0.2) is 0 Å². The first-order valence-electron chi connectivity index (χ1n) is 6.81. The quantitative estimate of drug-likeness (QED) is 0.866. The van der Waals surface area contributed by atoms with E-state index in [9.17, 15) is 0 Å². The topological polar surface area (TPSA) is 44.5 Å². The summed E-state index contributed by atoms with van der Waals surface area (Å²) in [4.78, 5) is 0. The number of nitrogens with two attached hydrogens (primary N) is 1.